The quantitative estimate of drug-likeness (QED) is 0.721. The molecular formula is C12H20N2O3. The van der Waals surface area contributed by atoms with E-state index in [-0.39, 0.29) is 17.7 Å². The number of rotatable bonds is 2. The van der Waals surface area contributed by atoms with Gasteiger partial charge in [-0.1, -0.05) is 6.92 Å². The summed E-state index contributed by atoms with van der Waals surface area (Å²) < 4.78 is 0. The topological polar surface area (TPSA) is 69.6 Å². The average Bonchev–Trinajstić information content (AvgIpc) is 2.71. The molecule has 5 nitrogen and oxygen atoms in total. The van der Waals surface area contributed by atoms with Crippen molar-refractivity contribution < 1.29 is 14.7 Å². The summed E-state index contributed by atoms with van der Waals surface area (Å²) in [5.74, 6) is -0.936. The van der Waals surface area contributed by atoms with E-state index in [1.807, 2.05) is 6.92 Å². The summed E-state index contributed by atoms with van der Waals surface area (Å²) in [6.07, 6.45) is 1.95. The summed E-state index contributed by atoms with van der Waals surface area (Å²) in [7, 11) is 0. The highest BCUT2D eigenvalue weighted by molar-refractivity contribution is 5.81. The van der Waals surface area contributed by atoms with Crippen molar-refractivity contribution in [3.05, 3.63) is 0 Å². The molecule has 3 atom stereocenters. The monoisotopic (exact) mass is 240 g/mol. The summed E-state index contributed by atoms with van der Waals surface area (Å²) >= 11 is 0. The number of nitrogens with zero attached hydrogens (tertiary/aromatic N) is 1. The number of aliphatic carboxylic acids is 1. The van der Waals surface area contributed by atoms with E-state index in [0.717, 1.165) is 25.9 Å². The number of piperidine rings is 1. The number of nitrogens with one attached hydrogen (secondary N) is 1. The molecule has 17 heavy (non-hydrogen) atoms. The largest absolute Gasteiger partial charge is 0.481 e. The fourth-order valence-corrected chi connectivity index (χ4v) is 2.79. The number of carbonyl (C=O) groups excluding carboxylic acids is 1. The van der Waals surface area contributed by atoms with Gasteiger partial charge in [0.25, 0.3) is 0 Å². The zero-order valence-electron chi connectivity index (χ0n) is 10.2. The van der Waals surface area contributed by atoms with Gasteiger partial charge in [-0.05, 0) is 25.3 Å². The Labute approximate surface area is 101 Å². The molecule has 0 aromatic heterocycles. The van der Waals surface area contributed by atoms with Crippen LogP contribution in [0.15, 0.2) is 0 Å². The summed E-state index contributed by atoms with van der Waals surface area (Å²) in [5, 5.41) is 12.3. The Balaban J connectivity index is 1.94. The van der Waals surface area contributed by atoms with Gasteiger partial charge < -0.3 is 15.3 Å². The van der Waals surface area contributed by atoms with Crippen molar-refractivity contribution in [2.75, 3.05) is 26.2 Å². The molecule has 2 fully saturated rings. The minimum atomic E-state index is -0.783. The van der Waals surface area contributed by atoms with Crippen LogP contribution in [-0.4, -0.2) is 48.1 Å². The van der Waals surface area contributed by atoms with Crippen LogP contribution in [-0.2, 0) is 9.59 Å². The Bertz CT molecular complexity index is 313. The molecule has 2 saturated heterocycles. The SMILES string of the molecule is C[C@@H]1CN(C(=O)[C@@H]2CCCNC2)C[C@H]1C(=O)O. The van der Waals surface area contributed by atoms with Crippen molar-refractivity contribution in [2.24, 2.45) is 17.8 Å². The highest BCUT2D eigenvalue weighted by Crippen LogP contribution is 2.25. The molecule has 0 spiro atoms. The zero-order chi connectivity index (χ0) is 12.4. The van der Waals surface area contributed by atoms with Crippen molar-refractivity contribution in [3.8, 4) is 0 Å². The molecule has 0 unspecified atom stereocenters. The molecule has 2 rings (SSSR count). The Morgan fingerprint density at radius 3 is 2.65 bits per heavy atom. The number of hydrogen-bond donors (Lipinski definition) is 2. The zero-order valence-corrected chi connectivity index (χ0v) is 10.2. The van der Waals surface area contributed by atoms with Gasteiger partial charge in [0.05, 0.1) is 11.8 Å². The molecule has 96 valence electrons. The minimum absolute atomic E-state index is 0.0449. The molecule has 0 aliphatic carbocycles. The molecule has 5 heteroatoms. The Morgan fingerprint density at radius 2 is 2.12 bits per heavy atom. The van der Waals surface area contributed by atoms with Crippen LogP contribution in [0.3, 0.4) is 0 Å². The fourth-order valence-electron chi connectivity index (χ4n) is 2.79. The maximum Gasteiger partial charge on any atom is 0.308 e. The van der Waals surface area contributed by atoms with Gasteiger partial charge in [0.2, 0.25) is 5.91 Å². The molecule has 2 N–H and O–H groups in total. The molecule has 0 aromatic rings. The molecule has 2 aliphatic heterocycles. The first-order valence-corrected chi connectivity index (χ1v) is 6.32. The first-order chi connectivity index (χ1) is 8.09. The second-order valence-corrected chi connectivity index (χ2v) is 5.21. The van der Waals surface area contributed by atoms with Crippen molar-refractivity contribution in [2.45, 2.75) is 19.8 Å². The predicted molar refractivity (Wildman–Crippen MR) is 62.5 cm³/mol. The number of carboxylic acids is 1. The van der Waals surface area contributed by atoms with Crippen LogP contribution in [0.2, 0.25) is 0 Å². The lowest BCUT2D eigenvalue weighted by Gasteiger charge is -2.26. The summed E-state index contributed by atoms with van der Waals surface area (Å²) in [6, 6.07) is 0. The van der Waals surface area contributed by atoms with Gasteiger partial charge in [0, 0.05) is 19.6 Å². The first-order valence-electron chi connectivity index (χ1n) is 6.32. The maximum atomic E-state index is 12.2. The van der Waals surface area contributed by atoms with Crippen LogP contribution in [0.4, 0.5) is 0 Å². The van der Waals surface area contributed by atoms with Gasteiger partial charge in [-0.2, -0.15) is 0 Å². The van der Waals surface area contributed by atoms with Gasteiger partial charge in [0.15, 0.2) is 0 Å². The standard InChI is InChI=1S/C12H20N2O3/c1-8-6-14(7-10(8)12(16)17)11(15)9-3-2-4-13-5-9/h8-10,13H,2-7H2,1H3,(H,16,17)/t8-,9-,10-/m1/s1. The molecular weight excluding hydrogens is 220 g/mol. The summed E-state index contributed by atoms with van der Waals surface area (Å²) in [5.41, 5.74) is 0. The number of likely N-dealkylation sites (tertiary alicyclic amines) is 1. The number of carbonyl (C=O) groups is 2. The van der Waals surface area contributed by atoms with Crippen molar-refractivity contribution in [1.82, 2.24) is 10.2 Å². The lowest BCUT2D eigenvalue weighted by molar-refractivity contribution is -0.142. The second-order valence-electron chi connectivity index (χ2n) is 5.21. The van der Waals surface area contributed by atoms with E-state index < -0.39 is 11.9 Å². The highest BCUT2D eigenvalue weighted by Gasteiger charge is 2.38. The van der Waals surface area contributed by atoms with E-state index >= 15 is 0 Å². The van der Waals surface area contributed by atoms with Crippen molar-refractivity contribution in [3.63, 3.8) is 0 Å². The van der Waals surface area contributed by atoms with E-state index in [1.165, 1.54) is 0 Å². The lowest BCUT2D eigenvalue weighted by Crippen LogP contribution is -2.42. The van der Waals surface area contributed by atoms with Gasteiger partial charge in [0.1, 0.15) is 0 Å². The van der Waals surface area contributed by atoms with Gasteiger partial charge >= 0.3 is 5.97 Å². The smallest absolute Gasteiger partial charge is 0.308 e. The van der Waals surface area contributed by atoms with Crippen LogP contribution >= 0.6 is 0 Å². The number of amides is 1. The molecule has 0 radical (unpaired) electrons. The third-order valence-electron chi connectivity index (χ3n) is 3.89. The van der Waals surface area contributed by atoms with Crippen LogP contribution in [0, 0.1) is 17.8 Å². The summed E-state index contributed by atoms with van der Waals surface area (Å²) in [4.78, 5) is 25.0. The number of carboxylic acid groups (broad SMARTS) is 1. The van der Waals surface area contributed by atoms with Gasteiger partial charge in [-0.15, -0.1) is 0 Å². The molecule has 0 aromatic carbocycles. The van der Waals surface area contributed by atoms with Gasteiger partial charge in [-0.25, -0.2) is 0 Å². The average molecular weight is 240 g/mol. The molecule has 2 heterocycles. The first kappa shape index (κ1) is 12.4. The molecule has 0 bridgehead atoms. The molecule has 2 aliphatic rings. The minimum Gasteiger partial charge on any atom is -0.481 e. The fraction of sp³-hybridized carbons (Fsp3) is 0.833. The van der Waals surface area contributed by atoms with Crippen LogP contribution < -0.4 is 5.32 Å². The Morgan fingerprint density at radius 1 is 1.35 bits per heavy atom. The second kappa shape index (κ2) is 5.04. The Kier molecular flexibility index (Phi) is 3.66. The third kappa shape index (κ3) is 2.60. The highest BCUT2D eigenvalue weighted by atomic mass is 16.4. The van der Waals surface area contributed by atoms with Gasteiger partial charge in [-0.3, -0.25) is 9.59 Å². The van der Waals surface area contributed by atoms with E-state index in [4.69, 9.17) is 5.11 Å². The molecule has 1 amide bonds. The van der Waals surface area contributed by atoms with E-state index in [2.05, 4.69) is 5.32 Å². The van der Waals surface area contributed by atoms with E-state index in [1.54, 1.807) is 4.90 Å². The summed E-state index contributed by atoms with van der Waals surface area (Å²) in [6.45, 7) is 4.60. The van der Waals surface area contributed by atoms with Crippen LogP contribution in [0.25, 0.3) is 0 Å². The maximum absolute atomic E-state index is 12.2. The van der Waals surface area contributed by atoms with E-state index in [0.29, 0.717) is 13.1 Å². The van der Waals surface area contributed by atoms with Crippen LogP contribution in [0.1, 0.15) is 19.8 Å². The molecule has 0 saturated carbocycles. The van der Waals surface area contributed by atoms with Crippen LogP contribution in [0.5, 0.6) is 0 Å². The van der Waals surface area contributed by atoms with Crippen molar-refractivity contribution >= 4 is 11.9 Å². The van der Waals surface area contributed by atoms with Crippen molar-refractivity contribution in [1.29, 1.82) is 0 Å². The normalized spacial score (nSPS) is 33.7. The Hall–Kier alpha value is -1.10. The lowest BCUT2D eigenvalue weighted by atomic mass is 9.98. The number of hydrogen-bond acceptors (Lipinski definition) is 3. The third-order valence-corrected chi connectivity index (χ3v) is 3.89. The van der Waals surface area contributed by atoms with E-state index in [9.17, 15) is 9.59 Å². The predicted octanol–water partition coefficient (Wildman–Crippen LogP) is 0.165.